The van der Waals surface area contributed by atoms with E-state index in [9.17, 15) is 5.11 Å². The van der Waals surface area contributed by atoms with E-state index in [1.807, 2.05) is 48.5 Å². The largest absolute Gasteiger partial charge is 0.493 e. The lowest BCUT2D eigenvalue weighted by Gasteiger charge is -2.56. The predicted molar refractivity (Wildman–Crippen MR) is 139 cm³/mol. The standard InChI is InChI=1S/C29H39BrNO3/c30-28-27(34-22-29(32,25-12-7-8-13-25)24-10-3-1-4-11-24)23-16-19-31(28,20-17-23)18-9-21-33-26-14-5-2-6-15-26/h1-6,10-11,14-15,23,25,27-28,32H,7-9,12-13,16-22H2/q+1/t23?,27-,28-,29?,31?/m0/s1. The summed E-state index contributed by atoms with van der Waals surface area (Å²) >= 11 is 4.10. The van der Waals surface area contributed by atoms with Crippen LogP contribution in [0.5, 0.6) is 5.75 Å². The van der Waals surface area contributed by atoms with E-state index in [0.717, 1.165) is 48.2 Å². The number of alkyl halides is 1. The zero-order valence-electron chi connectivity index (χ0n) is 20.2. The van der Waals surface area contributed by atoms with Crippen molar-refractivity contribution in [3.05, 3.63) is 66.2 Å². The SMILES string of the molecule is OC(CO[C@H]1C2CC[N+](CCCOc3ccccc3)(CC2)[C@@H]1Br)(c1ccccc1)C1CCCC1. The van der Waals surface area contributed by atoms with Crippen LogP contribution in [-0.2, 0) is 10.3 Å². The maximum absolute atomic E-state index is 12.0. The Hall–Kier alpha value is -1.40. The van der Waals surface area contributed by atoms with Gasteiger partial charge in [0.15, 0.2) is 4.95 Å². The number of aliphatic hydroxyl groups is 1. The highest BCUT2D eigenvalue weighted by Crippen LogP contribution is 2.45. The van der Waals surface area contributed by atoms with Crippen LogP contribution in [0.2, 0.25) is 0 Å². The first-order chi connectivity index (χ1) is 16.6. The fourth-order valence-electron chi connectivity index (χ4n) is 6.65. The second-order valence-electron chi connectivity index (χ2n) is 10.7. The van der Waals surface area contributed by atoms with Gasteiger partial charge in [-0.2, -0.15) is 0 Å². The first kappa shape index (κ1) is 24.3. The van der Waals surface area contributed by atoms with E-state index in [0.29, 0.717) is 12.5 Å². The highest BCUT2D eigenvalue weighted by Gasteiger charge is 2.54. The topological polar surface area (TPSA) is 38.7 Å². The molecule has 3 heterocycles. The molecule has 3 atom stereocenters. The quantitative estimate of drug-likeness (QED) is 0.181. The summed E-state index contributed by atoms with van der Waals surface area (Å²) in [6.45, 7) is 4.64. The Labute approximate surface area is 213 Å². The van der Waals surface area contributed by atoms with Crippen LogP contribution in [0, 0.1) is 11.8 Å². The summed E-state index contributed by atoms with van der Waals surface area (Å²) < 4.78 is 13.8. The Balaban J connectivity index is 1.23. The number of hydrogen-bond donors (Lipinski definition) is 1. The smallest absolute Gasteiger partial charge is 0.171 e. The maximum atomic E-state index is 12.0. The molecule has 3 saturated heterocycles. The van der Waals surface area contributed by atoms with Crippen molar-refractivity contribution in [1.29, 1.82) is 0 Å². The van der Waals surface area contributed by atoms with Crippen molar-refractivity contribution in [2.75, 3.05) is 32.8 Å². The second kappa shape index (κ2) is 10.7. The molecule has 34 heavy (non-hydrogen) atoms. The van der Waals surface area contributed by atoms with Crippen molar-refractivity contribution in [3.63, 3.8) is 0 Å². The van der Waals surface area contributed by atoms with Crippen LogP contribution in [0.3, 0.4) is 0 Å². The Morgan fingerprint density at radius 1 is 0.912 bits per heavy atom. The molecule has 0 aromatic heterocycles. The third-order valence-electron chi connectivity index (χ3n) is 8.71. The number of piperidine rings is 3. The number of quaternary nitrogens is 1. The van der Waals surface area contributed by atoms with Crippen LogP contribution in [0.1, 0.15) is 50.5 Å². The average Bonchev–Trinajstić information content (AvgIpc) is 3.44. The van der Waals surface area contributed by atoms with Gasteiger partial charge in [0.1, 0.15) is 17.5 Å². The molecule has 4 nitrogen and oxygen atoms in total. The molecule has 6 rings (SSSR count). The summed E-state index contributed by atoms with van der Waals surface area (Å²) in [7, 11) is 0. The number of ether oxygens (including phenoxy) is 2. The van der Waals surface area contributed by atoms with Gasteiger partial charge in [0, 0.05) is 25.2 Å². The Morgan fingerprint density at radius 3 is 2.24 bits per heavy atom. The third kappa shape index (κ3) is 4.95. The van der Waals surface area contributed by atoms with Crippen LogP contribution >= 0.6 is 15.9 Å². The predicted octanol–water partition coefficient (Wildman–Crippen LogP) is 5.88. The number of rotatable bonds is 10. The Bertz CT molecular complexity index is 896. The molecule has 4 fully saturated rings. The first-order valence-corrected chi connectivity index (χ1v) is 14.1. The lowest BCUT2D eigenvalue weighted by atomic mass is 9.80. The lowest BCUT2D eigenvalue weighted by Crippen LogP contribution is -2.68. The molecule has 1 N–H and O–H groups in total. The van der Waals surface area contributed by atoms with E-state index in [2.05, 4.69) is 28.1 Å². The van der Waals surface area contributed by atoms with E-state index in [4.69, 9.17) is 9.47 Å². The van der Waals surface area contributed by atoms with E-state index in [1.165, 1.54) is 38.8 Å². The van der Waals surface area contributed by atoms with Gasteiger partial charge in [0.2, 0.25) is 0 Å². The summed E-state index contributed by atoms with van der Waals surface area (Å²) in [6.07, 6.45) is 8.18. The highest BCUT2D eigenvalue weighted by atomic mass is 79.9. The number of fused-ring (bicyclic) bond motifs is 3. The molecular formula is C29H39BrNO3+. The van der Waals surface area contributed by atoms with Crippen LogP contribution in [0.15, 0.2) is 60.7 Å². The van der Waals surface area contributed by atoms with Crippen LogP contribution in [-0.4, -0.2) is 53.5 Å². The number of nitrogens with zero attached hydrogens (tertiary/aromatic N) is 1. The van der Waals surface area contributed by atoms with Gasteiger partial charge >= 0.3 is 0 Å². The van der Waals surface area contributed by atoms with E-state index in [-0.39, 0.29) is 17.0 Å². The molecule has 184 valence electrons. The van der Waals surface area contributed by atoms with Gasteiger partial charge in [0.25, 0.3) is 0 Å². The van der Waals surface area contributed by atoms with Crippen molar-refractivity contribution < 1.29 is 19.1 Å². The van der Waals surface area contributed by atoms with Crippen LogP contribution in [0.4, 0.5) is 0 Å². The summed E-state index contributed by atoms with van der Waals surface area (Å²) in [6, 6.07) is 20.3. The number of benzene rings is 2. The van der Waals surface area contributed by atoms with Gasteiger partial charge in [-0.3, -0.25) is 0 Å². The van der Waals surface area contributed by atoms with Gasteiger partial charge in [-0.15, -0.1) is 0 Å². The van der Waals surface area contributed by atoms with E-state index < -0.39 is 5.60 Å². The molecule has 2 aromatic rings. The van der Waals surface area contributed by atoms with Crippen LogP contribution < -0.4 is 4.74 Å². The molecule has 3 aliphatic heterocycles. The molecule has 4 aliphatic rings. The zero-order valence-corrected chi connectivity index (χ0v) is 21.7. The van der Waals surface area contributed by atoms with Crippen molar-refractivity contribution in [1.82, 2.24) is 0 Å². The molecule has 2 bridgehead atoms. The fourth-order valence-corrected chi connectivity index (χ4v) is 7.85. The Morgan fingerprint density at radius 2 is 1.56 bits per heavy atom. The molecule has 0 radical (unpaired) electrons. The molecule has 0 spiro atoms. The average molecular weight is 530 g/mol. The van der Waals surface area contributed by atoms with Gasteiger partial charge < -0.3 is 19.1 Å². The molecule has 2 aromatic carbocycles. The zero-order chi connectivity index (χ0) is 23.4. The first-order valence-electron chi connectivity index (χ1n) is 13.2. The molecule has 0 amide bonds. The van der Waals surface area contributed by atoms with E-state index in [1.54, 1.807) is 0 Å². The molecule has 1 aliphatic carbocycles. The monoisotopic (exact) mass is 528 g/mol. The van der Waals surface area contributed by atoms with Crippen molar-refractivity contribution in [3.8, 4) is 5.75 Å². The second-order valence-corrected chi connectivity index (χ2v) is 11.6. The number of para-hydroxylation sites is 1. The minimum absolute atomic E-state index is 0.147. The molecule has 1 saturated carbocycles. The molecular weight excluding hydrogens is 490 g/mol. The van der Waals surface area contributed by atoms with Crippen molar-refractivity contribution in [2.24, 2.45) is 11.8 Å². The molecule has 1 unspecified atom stereocenters. The van der Waals surface area contributed by atoms with Crippen LogP contribution in [0.25, 0.3) is 0 Å². The van der Waals surface area contributed by atoms with E-state index >= 15 is 0 Å². The summed E-state index contributed by atoms with van der Waals surface area (Å²) in [5, 5.41) is 12.0. The minimum Gasteiger partial charge on any atom is -0.493 e. The van der Waals surface area contributed by atoms with Crippen molar-refractivity contribution >= 4 is 15.9 Å². The summed E-state index contributed by atoms with van der Waals surface area (Å²) in [5.74, 6) is 1.81. The molecule has 5 heteroatoms. The van der Waals surface area contributed by atoms with Gasteiger partial charge in [0.05, 0.1) is 32.8 Å². The number of halogens is 1. The normalized spacial score (nSPS) is 30.8. The Kier molecular flexibility index (Phi) is 7.64. The highest BCUT2D eigenvalue weighted by molar-refractivity contribution is 9.09. The minimum atomic E-state index is -0.898. The lowest BCUT2D eigenvalue weighted by molar-refractivity contribution is -0.955. The van der Waals surface area contributed by atoms with Gasteiger partial charge in [-0.25, -0.2) is 0 Å². The maximum Gasteiger partial charge on any atom is 0.171 e. The number of hydrogen-bond acceptors (Lipinski definition) is 3. The van der Waals surface area contributed by atoms with Gasteiger partial charge in [-0.05, 0) is 52.4 Å². The summed E-state index contributed by atoms with van der Waals surface area (Å²) in [5.41, 5.74) is 0.112. The van der Waals surface area contributed by atoms with Crippen molar-refractivity contribution in [2.45, 2.75) is 61.6 Å². The third-order valence-corrected chi connectivity index (χ3v) is 10.1. The van der Waals surface area contributed by atoms with Gasteiger partial charge in [-0.1, -0.05) is 61.4 Å². The summed E-state index contributed by atoms with van der Waals surface area (Å²) in [4.78, 5) is 0.278. The fraction of sp³-hybridized carbons (Fsp3) is 0.586.